The molecule has 27 heavy (non-hydrogen) atoms. The third kappa shape index (κ3) is 2.35. The van der Waals surface area contributed by atoms with Gasteiger partial charge in [-0.3, -0.25) is 9.36 Å². The fourth-order valence-electron chi connectivity index (χ4n) is 3.17. The van der Waals surface area contributed by atoms with Gasteiger partial charge in [0.15, 0.2) is 0 Å². The van der Waals surface area contributed by atoms with Crippen molar-refractivity contribution in [2.24, 2.45) is 0 Å². The highest BCUT2D eigenvalue weighted by atomic mass is 32.1. The first-order valence-electron chi connectivity index (χ1n) is 8.53. The molecular formula is C18H12N6OS2. The van der Waals surface area contributed by atoms with Gasteiger partial charge in [-0.05, 0) is 31.0 Å². The van der Waals surface area contributed by atoms with E-state index in [-0.39, 0.29) is 5.56 Å². The Kier molecular flexibility index (Phi) is 3.12. The number of benzene rings is 1. The van der Waals surface area contributed by atoms with E-state index in [0.717, 1.165) is 44.8 Å². The van der Waals surface area contributed by atoms with Gasteiger partial charge in [0.1, 0.15) is 33.5 Å². The standard InChI is InChI=1S/C18H12N6OS2/c25-18-15-14(13-16(23-9-1-2-9)19-6-20-17(13)27-15)21-7-24(18)10-3-4-11-12(5-10)26-8-22-11/h3-9H,1-2H2,(H,19,20,23). The van der Waals surface area contributed by atoms with Crippen LogP contribution < -0.4 is 10.9 Å². The smallest absolute Gasteiger partial charge is 0.275 e. The number of nitrogens with zero attached hydrogens (tertiary/aromatic N) is 5. The molecule has 0 unspecified atom stereocenters. The van der Waals surface area contributed by atoms with E-state index < -0.39 is 0 Å². The second-order valence-corrected chi connectivity index (χ2v) is 8.41. The molecular weight excluding hydrogens is 380 g/mol. The maximum absolute atomic E-state index is 13.2. The van der Waals surface area contributed by atoms with Gasteiger partial charge in [0.25, 0.3) is 5.56 Å². The number of rotatable bonds is 3. The van der Waals surface area contributed by atoms with Crippen molar-refractivity contribution in [3.8, 4) is 5.69 Å². The van der Waals surface area contributed by atoms with Crippen LogP contribution in [0.25, 0.3) is 36.3 Å². The van der Waals surface area contributed by atoms with Crippen LogP contribution in [-0.4, -0.2) is 30.5 Å². The molecule has 0 spiro atoms. The lowest BCUT2D eigenvalue weighted by atomic mass is 10.3. The first kappa shape index (κ1) is 15.2. The summed E-state index contributed by atoms with van der Waals surface area (Å²) in [6.07, 6.45) is 5.42. The predicted molar refractivity (Wildman–Crippen MR) is 108 cm³/mol. The van der Waals surface area contributed by atoms with Crippen LogP contribution in [0.1, 0.15) is 12.8 Å². The number of thiazole rings is 1. The number of fused-ring (bicyclic) bond motifs is 4. The van der Waals surface area contributed by atoms with E-state index >= 15 is 0 Å². The minimum atomic E-state index is -0.0933. The third-order valence-electron chi connectivity index (χ3n) is 4.69. The molecule has 7 nitrogen and oxygen atoms in total. The van der Waals surface area contributed by atoms with Crippen LogP contribution in [0.3, 0.4) is 0 Å². The first-order valence-corrected chi connectivity index (χ1v) is 10.2. The monoisotopic (exact) mass is 392 g/mol. The number of nitrogens with one attached hydrogen (secondary N) is 1. The molecule has 9 heteroatoms. The van der Waals surface area contributed by atoms with Crippen LogP contribution in [0.15, 0.2) is 41.2 Å². The number of thiophene rings is 1. The molecule has 1 fully saturated rings. The van der Waals surface area contributed by atoms with Crippen molar-refractivity contribution >= 4 is 59.1 Å². The lowest BCUT2D eigenvalue weighted by molar-refractivity contribution is 0.970. The quantitative estimate of drug-likeness (QED) is 0.505. The molecule has 4 heterocycles. The van der Waals surface area contributed by atoms with Gasteiger partial charge in [0, 0.05) is 6.04 Å². The molecule has 0 bridgehead atoms. The zero-order valence-electron chi connectivity index (χ0n) is 13.9. The summed E-state index contributed by atoms with van der Waals surface area (Å²) in [5, 5.41) is 4.26. The Morgan fingerprint density at radius 2 is 2.07 bits per heavy atom. The summed E-state index contributed by atoms with van der Waals surface area (Å²) in [6.45, 7) is 0. The molecule has 1 saturated carbocycles. The molecule has 0 saturated heterocycles. The number of aromatic nitrogens is 5. The lowest BCUT2D eigenvalue weighted by Crippen LogP contribution is -2.17. The van der Waals surface area contributed by atoms with E-state index in [0.29, 0.717) is 16.3 Å². The van der Waals surface area contributed by atoms with Crippen LogP contribution in [0.2, 0.25) is 0 Å². The fraction of sp³-hybridized carbons (Fsp3) is 0.167. The summed E-state index contributed by atoms with van der Waals surface area (Å²) in [6, 6.07) is 6.25. The molecule has 0 aliphatic heterocycles. The van der Waals surface area contributed by atoms with Crippen molar-refractivity contribution in [1.29, 1.82) is 0 Å². The zero-order valence-corrected chi connectivity index (χ0v) is 15.5. The second kappa shape index (κ2) is 5.54. The molecule has 132 valence electrons. The van der Waals surface area contributed by atoms with E-state index in [4.69, 9.17) is 0 Å². The molecule has 0 atom stereocenters. The maximum Gasteiger partial charge on any atom is 0.275 e. The Hall–Kier alpha value is -2.91. The van der Waals surface area contributed by atoms with Crippen LogP contribution in [0.4, 0.5) is 5.82 Å². The van der Waals surface area contributed by atoms with Gasteiger partial charge in [-0.2, -0.15) is 0 Å². The van der Waals surface area contributed by atoms with Gasteiger partial charge in [-0.1, -0.05) is 0 Å². The van der Waals surface area contributed by atoms with Gasteiger partial charge in [0.2, 0.25) is 0 Å². The Bertz CT molecular complexity index is 1400. The molecule has 5 aromatic rings. The Balaban J connectivity index is 1.59. The highest BCUT2D eigenvalue weighted by Crippen LogP contribution is 2.35. The molecule has 1 aliphatic rings. The van der Waals surface area contributed by atoms with Gasteiger partial charge in [-0.25, -0.2) is 19.9 Å². The van der Waals surface area contributed by atoms with E-state index in [9.17, 15) is 4.79 Å². The van der Waals surface area contributed by atoms with E-state index in [2.05, 4.69) is 25.3 Å². The molecule has 4 aromatic heterocycles. The largest absolute Gasteiger partial charge is 0.367 e. The SMILES string of the molecule is O=c1c2sc3ncnc(NC4CC4)c3c2ncn1-c1ccc2ncsc2c1. The normalized spacial score (nSPS) is 14.4. The summed E-state index contributed by atoms with van der Waals surface area (Å²) in [7, 11) is 0. The van der Waals surface area contributed by atoms with Crippen LogP contribution in [0, 0.1) is 0 Å². The van der Waals surface area contributed by atoms with Crippen LogP contribution >= 0.6 is 22.7 Å². The van der Waals surface area contributed by atoms with Crippen molar-refractivity contribution in [2.45, 2.75) is 18.9 Å². The fourth-order valence-corrected chi connectivity index (χ4v) is 4.91. The van der Waals surface area contributed by atoms with Gasteiger partial charge < -0.3 is 5.32 Å². The predicted octanol–water partition coefficient (Wildman–Crippen LogP) is 3.57. The number of anilines is 1. The molecule has 0 amide bonds. The maximum atomic E-state index is 13.2. The molecule has 1 aromatic carbocycles. The van der Waals surface area contributed by atoms with Crippen molar-refractivity contribution in [3.63, 3.8) is 0 Å². The summed E-state index contributed by atoms with van der Waals surface area (Å²) >= 11 is 2.92. The first-order chi connectivity index (χ1) is 13.3. The zero-order chi connectivity index (χ0) is 18.0. The topological polar surface area (TPSA) is 85.6 Å². The number of hydrogen-bond acceptors (Lipinski definition) is 8. The van der Waals surface area contributed by atoms with E-state index in [1.54, 1.807) is 34.1 Å². The molecule has 0 radical (unpaired) electrons. The van der Waals surface area contributed by atoms with E-state index in [1.165, 1.54) is 11.3 Å². The summed E-state index contributed by atoms with van der Waals surface area (Å²) in [5.41, 5.74) is 4.09. The van der Waals surface area contributed by atoms with Gasteiger partial charge in [-0.15, -0.1) is 22.7 Å². The Morgan fingerprint density at radius 3 is 2.96 bits per heavy atom. The van der Waals surface area contributed by atoms with Gasteiger partial charge >= 0.3 is 0 Å². The van der Waals surface area contributed by atoms with E-state index in [1.807, 2.05) is 18.2 Å². The Morgan fingerprint density at radius 1 is 1.15 bits per heavy atom. The van der Waals surface area contributed by atoms with Crippen LogP contribution in [-0.2, 0) is 0 Å². The average molecular weight is 392 g/mol. The number of hydrogen-bond donors (Lipinski definition) is 1. The lowest BCUT2D eigenvalue weighted by Gasteiger charge is -2.06. The Labute approximate surface area is 160 Å². The highest BCUT2D eigenvalue weighted by Gasteiger charge is 2.24. The molecule has 1 N–H and O–H groups in total. The van der Waals surface area contributed by atoms with Crippen molar-refractivity contribution in [2.75, 3.05) is 5.32 Å². The average Bonchev–Trinajstić information content (AvgIpc) is 3.23. The minimum absolute atomic E-state index is 0.0933. The molecule has 1 aliphatic carbocycles. The molecule has 6 rings (SSSR count). The minimum Gasteiger partial charge on any atom is -0.367 e. The summed E-state index contributed by atoms with van der Waals surface area (Å²) in [5.74, 6) is 0.768. The summed E-state index contributed by atoms with van der Waals surface area (Å²) < 4.78 is 3.21. The highest BCUT2D eigenvalue weighted by molar-refractivity contribution is 7.25. The second-order valence-electron chi connectivity index (χ2n) is 6.52. The van der Waals surface area contributed by atoms with Gasteiger partial charge in [0.05, 0.1) is 26.8 Å². The van der Waals surface area contributed by atoms with Crippen molar-refractivity contribution in [1.82, 2.24) is 24.5 Å². The van der Waals surface area contributed by atoms with Crippen LogP contribution in [0.5, 0.6) is 0 Å². The van der Waals surface area contributed by atoms with Crippen molar-refractivity contribution < 1.29 is 0 Å². The third-order valence-corrected chi connectivity index (χ3v) is 6.56. The summed E-state index contributed by atoms with van der Waals surface area (Å²) in [4.78, 5) is 31.6. The van der Waals surface area contributed by atoms with Crippen molar-refractivity contribution in [3.05, 3.63) is 46.7 Å².